The van der Waals surface area contributed by atoms with Crippen LogP contribution in [0.2, 0.25) is 5.02 Å². The summed E-state index contributed by atoms with van der Waals surface area (Å²) < 4.78 is 32.4. The maximum absolute atomic E-state index is 12.3. The number of rotatable bonds is 10. The highest BCUT2D eigenvalue weighted by molar-refractivity contribution is 14.0. The number of aromatic nitrogens is 1. The van der Waals surface area contributed by atoms with Gasteiger partial charge in [0.15, 0.2) is 11.7 Å². The largest absolute Gasteiger partial charge is 0.359 e. The Bertz CT molecular complexity index is 916. The Morgan fingerprint density at radius 1 is 1.20 bits per heavy atom. The van der Waals surface area contributed by atoms with Crippen molar-refractivity contribution in [2.75, 3.05) is 20.1 Å². The molecule has 0 bridgehead atoms. The predicted molar refractivity (Wildman–Crippen MR) is 130 cm³/mol. The summed E-state index contributed by atoms with van der Waals surface area (Å²) in [7, 11) is -1.97. The smallest absolute Gasteiger partial charge is 0.240 e. The van der Waals surface area contributed by atoms with E-state index >= 15 is 0 Å². The van der Waals surface area contributed by atoms with Crippen LogP contribution in [-0.2, 0) is 16.6 Å². The molecule has 0 saturated carbocycles. The molecule has 30 heavy (non-hydrogen) atoms. The standard InChI is InChI=1S/C19H28ClN5O3S.HI/c1-4-14(5-2)18-12-16(28-25-18)13-23-19(21-3)22-9-10-24-29(26,27)17-8-6-7-15(20)11-17;/h6-8,11-12,14,24H,4-5,9-10,13H2,1-3H3,(H2,21,22,23);1H. The van der Waals surface area contributed by atoms with E-state index in [0.29, 0.717) is 30.0 Å². The van der Waals surface area contributed by atoms with Crippen LogP contribution in [0.15, 0.2) is 44.7 Å². The van der Waals surface area contributed by atoms with Crippen LogP contribution in [0, 0.1) is 0 Å². The fourth-order valence-electron chi connectivity index (χ4n) is 2.79. The lowest BCUT2D eigenvalue weighted by molar-refractivity contribution is 0.368. The molecular formula is C19H29ClIN5O3S. The summed E-state index contributed by atoms with van der Waals surface area (Å²) in [4.78, 5) is 4.25. The average Bonchev–Trinajstić information content (AvgIpc) is 3.17. The SMILES string of the molecule is CCC(CC)c1cc(CNC(=NC)NCCNS(=O)(=O)c2cccc(Cl)c2)on1.I. The lowest BCUT2D eigenvalue weighted by Gasteiger charge is -2.11. The van der Waals surface area contributed by atoms with E-state index in [2.05, 4.69) is 39.4 Å². The van der Waals surface area contributed by atoms with Crippen LogP contribution in [0.4, 0.5) is 0 Å². The van der Waals surface area contributed by atoms with E-state index in [1.165, 1.54) is 12.1 Å². The van der Waals surface area contributed by atoms with E-state index < -0.39 is 10.0 Å². The van der Waals surface area contributed by atoms with Gasteiger partial charge in [-0.1, -0.05) is 36.7 Å². The van der Waals surface area contributed by atoms with Crippen LogP contribution in [-0.4, -0.2) is 39.7 Å². The highest BCUT2D eigenvalue weighted by Gasteiger charge is 2.14. The molecule has 0 saturated heterocycles. The Hall–Kier alpha value is -1.37. The molecule has 0 aliphatic carbocycles. The van der Waals surface area contributed by atoms with Gasteiger partial charge in [-0.2, -0.15) is 0 Å². The monoisotopic (exact) mass is 569 g/mol. The molecule has 0 atom stereocenters. The molecule has 2 aromatic rings. The third kappa shape index (κ3) is 8.05. The lowest BCUT2D eigenvalue weighted by atomic mass is 9.99. The summed E-state index contributed by atoms with van der Waals surface area (Å²) in [6.45, 7) is 5.24. The topological polar surface area (TPSA) is 109 Å². The van der Waals surface area contributed by atoms with Crippen LogP contribution < -0.4 is 15.4 Å². The Balaban J connectivity index is 0.00000450. The highest BCUT2D eigenvalue weighted by atomic mass is 127. The predicted octanol–water partition coefficient (Wildman–Crippen LogP) is 3.49. The first-order chi connectivity index (χ1) is 13.9. The van der Waals surface area contributed by atoms with Gasteiger partial charge in [-0.25, -0.2) is 13.1 Å². The molecule has 0 amide bonds. The molecule has 8 nitrogen and oxygen atoms in total. The Labute approximate surface area is 200 Å². The Kier molecular flexibility index (Phi) is 11.7. The first kappa shape index (κ1) is 26.7. The van der Waals surface area contributed by atoms with Crippen molar-refractivity contribution in [2.24, 2.45) is 4.99 Å². The normalized spacial score (nSPS) is 12.0. The molecule has 0 radical (unpaired) electrons. The number of nitrogens with zero attached hydrogens (tertiary/aromatic N) is 2. The second-order valence-electron chi connectivity index (χ2n) is 6.44. The number of halogens is 2. The number of hydrogen-bond donors (Lipinski definition) is 3. The second kappa shape index (κ2) is 13.1. The van der Waals surface area contributed by atoms with Crippen molar-refractivity contribution in [2.45, 2.75) is 44.0 Å². The van der Waals surface area contributed by atoms with Crippen molar-refractivity contribution in [3.63, 3.8) is 0 Å². The van der Waals surface area contributed by atoms with Crippen LogP contribution >= 0.6 is 35.6 Å². The fraction of sp³-hybridized carbons (Fsp3) is 0.474. The highest BCUT2D eigenvalue weighted by Crippen LogP contribution is 2.22. The van der Waals surface area contributed by atoms with Gasteiger partial charge in [0.05, 0.1) is 17.1 Å². The second-order valence-corrected chi connectivity index (χ2v) is 8.64. The minimum atomic E-state index is -3.61. The summed E-state index contributed by atoms with van der Waals surface area (Å²) in [5.74, 6) is 1.65. The molecule has 168 valence electrons. The van der Waals surface area contributed by atoms with Crippen molar-refractivity contribution >= 4 is 51.6 Å². The zero-order valence-corrected chi connectivity index (χ0v) is 21.2. The van der Waals surface area contributed by atoms with E-state index in [1.807, 2.05) is 6.07 Å². The summed E-state index contributed by atoms with van der Waals surface area (Å²) >= 11 is 5.85. The van der Waals surface area contributed by atoms with Crippen LogP contribution in [0.5, 0.6) is 0 Å². The first-order valence-corrected chi connectivity index (χ1v) is 11.4. The van der Waals surface area contributed by atoms with E-state index in [4.69, 9.17) is 16.1 Å². The number of guanidine groups is 1. The third-order valence-corrected chi connectivity index (χ3v) is 6.14. The molecule has 1 aromatic carbocycles. The molecule has 0 aliphatic heterocycles. The summed E-state index contributed by atoms with van der Waals surface area (Å²) in [6, 6.07) is 8.08. The molecule has 1 heterocycles. The van der Waals surface area contributed by atoms with Gasteiger partial charge in [0.2, 0.25) is 10.0 Å². The van der Waals surface area contributed by atoms with Gasteiger partial charge in [0.25, 0.3) is 0 Å². The van der Waals surface area contributed by atoms with Crippen molar-refractivity contribution in [3.05, 3.63) is 46.8 Å². The zero-order chi connectivity index (χ0) is 21.3. The average molecular weight is 570 g/mol. The van der Waals surface area contributed by atoms with Crippen LogP contribution in [0.3, 0.4) is 0 Å². The number of aliphatic imine (C=N–C) groups is 1. The van der Waals surface area contributed by atoms with Gasteiger partial charge in [0.1, 0.15) is 0 Å². The maximum atomic E-state index is 12.3. The van der Waals surface area contributed by atoms with Crippen molar-refractivity contribution in [1.29, 1.82) is 0 Å². The van der Waals surface area contributed by atoms with Gasteiger partial charge in [-0.3, -0.25) is 4.99 Å². The summed E-state index contributed by atoms with van der Waals surface area (Å²) in [5, 5.41) is 10.7. The lowest BCUT2D eigenvalue weighted by Crippen LogP contribution is -2.41. The molecule has 11 heteroatoms. The van der Waals surface area contributed by atoms with E-state index in [-0.39, 0.29) is 35.4 Å². The number of sulfonamides is 1. The summed E-state index contributed by atoms with van der Waals surface area (Å²) in [5.41, 5.74) is 0.963. The molecule has 3 N–H and O–H groups in total. The van der Waals surface area contributed by atoms with Crippen molar-refractivity contribution in [1.82, 2.24) is 20.5 Å². The minimum Gasteiger partial charge on any atom is -0.359 e. The van der Waals surface area contributed by atoms with Gasteiger partial charge < -0.3 is 15.2 Å². The van der Waals surface area contributed by atoms with Gasteiger partial charge in [-0.05, 0) is 31.0 Å². The number of hydrogen-bond acceptors (Lipinski definition) is 5. The van der Waals surface area contributed by atoms with Crippen molar-refractivity contribution < 1.29 is 12.9 Å². The molecule has 1 aromatic heterocycles. The van der Waals surface area contributed by atoms with E-state index in [1.54, 1.807) is 19.2 Å². The Morgan fingerprint density at radius 2 is 1.93 bits per heavy atom. The van der Waals surface area contributed by atoms with Crippen molar-refractivity contribution in [3.8, 4) is 0 Å². The molecule has 0 fully saturated rings. The third-order valence-electron chi connectivity index (χ3n) is 4.45. The molecule has 0 aliphatic rings. The van der Waals surface area contributed by atoms with E-state index in [0.717, 1.165) is 24.3 Å². The molecular weight excluding hydrogens is 541 g/mol. The minimum absolute atomic E-state index is 0. The van der Waals surface area contributed by atoms with Crippen LogP contribution in [0.25, 0.3) is 0 Å². The van der Waals surface area contributed by atoms with E-state index in [9.17, 15) is 8.42 Å². The number of benzene rings is 1. The molecule has 0 spiro atoms. The fourth-order valence-corrected chi connectivity index (χ4v) is 4.12. The van der Waals surface area contributed by atoms with Gasteiger partial charge >= 0.3 is 0 Å². The quantitative estimate of drug-likeness (QED) is 0.175. The van der Waals surface area contributed by atoms with Gasteiger partial charge in [-0.15, -0.1) is 24.0 Å². The first-order valence-electron chi connectivity index (χ1n) is 9.54. The maximum Gasteiger partial charge on any atom is 0.240 e. The Morgan fingerprint density at radius 3 is 2.57 bits per heavy atom. The van der Waals surface area contributed by atoms with Crippen LogP contribution in [0.1, 0.15) is 44.1 Å². The van der Waals surface area contributed by atoms with Gasteiger partial charge in [0, 0.05) is 37.1 Å². The summed E-state index contributed by atoms with van der Waals surface area (Å²) in [6.07, 6.45) is 2.04. The molecule has 0 unspecified atom stereocenters. The number of nitrogens with one attached hydrogen (secondary N) is 3. The molecule has 2 rings (SSSR count). The zero-order valence-electron chi connectivity index (χ0n) is 17.3.